The third kappa shape index (κ3) is 4.61. The van der Waals surface area contributed by atoms with Crippen LogP contribution < -0.4 is 5.32 Å². The Morgan fingerprint density at radius 2 is 1.92 bits per heavy atom. The Hall–Kier alpha value is -2.32. The van der Waals surface area contributed by atoms with Gasteiger partial charge in [0.05, 0.1) is 10.8 Å². The Kier molecular flexibility index (Phi) is 6.22. The Balaban J connectivity index is 2.19. The van der Waals surface area contributed by atoms with Crippen molar-refractivity contribution >= 4 is 23.4 Å². The Morgan fingerprint density at radius 1 is 1.24 bits per heavy atom. The monoisotopic (exact) mass is 353 g/mol. The average Bonchev–Trinajstić information content (AvgIpc) is 2.54. The second-order valence-corrected chi connectivity index (χ2v) is 7.69. The number of aryl methyl sites for hydroxylation is 2. The number of carbonyl (C=O) groups is 1. The van der Waals surface area contributed by atoms with Crippen LogP contribution in [0.4, 0.5) is 5.69 Å². The fourth-order valence-electron chi connectivity index (χ4n) is 2.59. The molecule has 2 aromatic rings. The van der Waals surface area contributed by atoms with Gasteiger partial charge in [-0.2, -0.15) is 5.26 Å². The fourth-order valence-corrected chi connectivity index (χ4v) is 3.62. The minimum Gasteiger partial charge on any atom is -0.325 e. The number of nitrogens with one attached hydrogen (secondary N) is 1. The summed E-state index contributed by atoms with van der Waals surface area (Å²) < 4.78 is 0. The first-order valence-electron chi connectivity index (χ1n) is 8.28. The van der Waals surface area contributed by atoms with Gasteiger partial charge in [-0.15, -0.1) is 0 Å². The summed E-state index contributed by atoms with van der Waals surface area (Å²) in [5.41, 5.74) is 4.21. The second kappa shape index (κ2) is 8.17. The molecule has 0 saturated carbocycles. The molecule has 0 radical (unpaired) electrons. The number of thioether (sulfide) groups is 1. The van der Waals surface area contributed by atoms with Crippen molar-refractivity contribution in [1.82, 2.24) is 4.98 Å². The third-order valence-corrected chi connectivity index (χ3v) is 5.01. The van der Waals surface area contributed by atoms with Crippen molar-refractivity contribution in [1.29, 1.82) is 5.26 Å². The number of para-hydroxylation sites is 1. The van der Waals surface area contributed by atoms with E-state index in [-0.39, 0.29) is 11.2 Å². The maximum Gasteiger partial charge on any atom is 0.237 e. The van der Waals surface area contributed by atoms with Crippen molar-refractivity contribution in [3.63, 3.8) is 0 Å². The number of hydrogen-bond acceptors (Lipinski definition) is 4. The molecule has 1 atom stereocenters. The number of carbonyl (C=O) groups excluding carboxylic acids is 1. The Labute approximate surface area is 153 Å². The minimum absolute atomic E-state index is 0.0945. The summed E-state index contributed by atoms with van der Waals surface area (Å²) in [7, 11) is 0. The topological polar surface area (TPSA) is 65.8 Å². The Bertz CT molecular complexity index is 824. The van der Waals surface area contributed by atoms with Gasteiger partial charge in [-0.25, -0.2) is 4.98 Å². The van der Waals surface area contributed by atoms with E-state index in [4.69, 9.17) is 0 Å². The summed E-state index contributed by atoms with van der Waals surface area (Å²) in [5.74, 6) is 0.230. The van der Waals surface area contributed by atoms with Gasteiger partial charge in [0.15, 0.2) is 0 Å². The fraction of sp³-hybridized carbons (Fsp3) is 0.350. The van der Waals surface area contributed by atoms with E-state index in [2.05, 4.69) is 30.2 Å². The largest absolute Gasteiger partial charge is 0.325 e. The number of pyridine rings is 1. The molecule has 0 aliphatic rings. The molecule has 1 heterocycles. The third-order valence-electron chi connectivity index (χ3n) is 3.92. The molecule has 5 heteroatoms. The van der Waals surface area contributed by atoms with Gasteiger partial charge in [0, 0.05) is 11.4 Å². The van der Waals surface area contributed by atoms with E-state index in [1.807, 2.05) is 51.1 Å². The van der Waals surface area contributed by atoms with Crippen LogP contribution in [0, 0.1) is 25.2 Å². The summed E-state index contributed by atoms with van der Waals surface area (Å²) >= 11 is 1.32. The van der Waals surface area contributed by atoms with E-state index in [0.717, 1.165) is 22.5 Å². The van der Waals surface area contributed by atoms with E-state index >= 15 is 0 Å². The maximum absolute atomic E-state index is 12.6. The molecule has 0 aliphatic heterocycles. The van der Waals surface area contributed by atoms with Crippen LogP contribution >= 0.6 is 11.8 Å². The molecule has 1 unspecified atom stereocenters. The average molecular weight is 353 g/mol. The number of rotatable bonds is 5. The predicted molar refractivity (Wildman–Crippen MR) is 103 cm³/mol. The number of anilines is 1. The van der Waals surface area contributed by atoms with Gasteiger partial charge in [0.2, 0.25) is 5.91 Å². The van der Waals surface area contributed by atoms with Crippen molar-refractivity contribution < 1.29 is 4.79 Å². The molecule has 0 spiro atoms. The van der Waals surface area contributed by atoms with Crippen molar-refractivity contribution in [3.05, 3.63) is 52.7 Å². The number of nitrogens with zero attached hydrogens (tertiary/aromatic N) is 2. The molecule has 0 aliphatic carbocycles. The van der Waals surface area contributed by atoms with Gasteiger partial charge < -0.3 is 5.32 Å². The van der Waals surface area contributed by atoms with Gasteiger partial charge in [0.25, 0.3) is 0 Å². The van der Waals surface area contributed by atoms with Crippen molar-refractivity contribution in [2.45, 2.75) is 50.8 Å². The number of benzene rings is 1. The molecule has 0 saturated heterocycles. The predicted octanol–water partition coefficient (Wildman–Crippen LogP) is 4.81. The van der Waals surface area contributed by atoms with Gasteiger partial charge >= 0.3 is 0 Å². The standard InChI is InChI=1S/C20H23N3OS/c1-12(2)16-8-6-7-9-18(16)23-19(24)15(5)25-20-17(11-21)13(3)10-14(4)22-20/h6-10,12,15H,1-5H3,(H,23,24). The highest BCUT2D eigenvalue weighted by atomic mass is 32.2. The first-order valence-corrected chi connectivity index (χ1v) is 9.16. The minimum atomic E-state index is -0.360. The Morgan fingerprint density at radius 3 is 2.56 bits per heavy atom. The van der Waals surface area contributed by atoms with Crippen LogP contribution in [0.15, 0.2) is 35.4 Å². The van der Waals surface area contributed by atoms with Crippen molar-refractivity contribution in [3.8, 4) is 6.07 Å². The van der Waals surface area contributed by atoms with E-state index < -0.39 is 0 Å². The van der Waals surface area contributed by atoms with Crippen LogP contribution in [0.3, 0.4) is 0 Å². The lowest BCUT2D eigenvalue weighted by Crippen LogP contribution is -2.23. The molecule has 4 nitrogen and oxygen atoms in total. The molecule has 25 heavy (non-hydrogen) atoms. The van der Waals surface area contributed by atoms with Gasteiger partial charge in [-0.3, -0.25) is 4.79 Å². The summed E-state index contributed by atoms with van der Waals surface area (Å²) in [6.45, 7) is 9.81. The number of amides is 1. The van der Waals surface area contributed by atoms with Crippen LogP contribution in [0.5, 0.6) is 0 Å². The maximum atomic E-state index is 12.6. The highest BCUT2D eigenvalue weighted by Crippen LogP contribution is 2.29. The molecule has 1 aromatic heterocycles. The smallest absolute Gasteiger partial charge is 0.237 e. The molecule has 2 rings (SSSR count). The summed E-state index contributed by atoms with van der Waals surface area (Å²) in [4.78, 5) is 17.1. The zero-order chi connectivity index (χ0) is 18.6. The van der Waals surface area contributed by atoms with E-state index in [0.29, 0.717) is 16.5 Å². The van der Waals surface area contributed by atoms with Gasteiger partial charge in [-0.05, 0) is 49.9 Å². The van der Waals surface area contributed by atoms with E-state index in [9.17, 15) is 10.1 Å². The van der Waals surface area contributed by atoms with Crippen molar-refractivity contribution in [2.24, 2.45) is 0 Å². The molecule has 1 N–H and O–H groups in total. The van der Waals surface area contributed by atoms with Crippen LogP contribution in [-0.4, -0.2) is 16.1 Å². The second-order valence-electron chi connectivity index (χ2n) is 6.36. The summed E-state index contributed by atoms with van der Waals surface area (Å²) in [6.07, 6.45) is 0. The molecule has 1 aromatic carbocycles. The molecule has 1 amide bonds. The molecular weight excluding hydrogens is 330 g/mol. The van der Waals surface area contributed by atoms with Gasteiger partial charge in [-0.1, -0.05) is 43.8 Å². The van der Waals surface area contributed by atoms with E-state index in [1.165, 1.54) is 11.8 Å². The highest BCUT2D eigenvalue weighted by Gasteiger charge is 2.20. The molecule has 0 bridgehead atoms. The number of aromatic nitrogens is 1. The highest BCUT2D eigenvalue weighted by molar-refractivity contribution is 8.00. The SMILES string of the molecule is Cc1cc(C)c(C#N)c(SC(C)C(=O)Nc2ccccc2C(C)C)n1. The van der Waals surface area contributed by atoms with Gasteiger partial charge in [0.1, 0.15) is 11.1 Å². The van der Waals surface area contributed by atoms with Crippen LogP contribution in [0.2, 0.25) is 0 Å². The molecule has 130 valence electrons. The first kappa shape index (κ1) is 19.0. The molecular formula is C20H23N3OS. The summed E-state index contributed by atoms with van der Waals surface area (Å²) in [6, 6.07) is 11.9. The lowest BCUT2D eigenvalue weighted by molar-refractivity contribution is -0.115. The number of hydrogen-bond donors (Lipinski definition) is 1. The summed E-state index contributed by atoms with van der Waals surface area (Å²) in [5, 5.41) is 12.6. The molecule has 0 fully saturated rings. The van der Waals surface area contributed by atoms with Crippen LogP contribution in [-0.2, 0) is 4.79 Å². The lowest BCUT2D eigenvalue weighted by Gasteiger charge is -2.17. The number of nitriles is 1. The first-order chi connectivity index (χ1) is 11.8. The van der Waals surface area contributed by atoms with E-state index in [1.54, 1.807) is 0 Å². The normalized spacial score (nSPS) is 11.9. The lowest BCUT2D eigenvalue weighted by atomic mass is 10.0. The zero-order valence-corrected chi connectivity index (χ0v) is 16.1. The zero-order valence-electron chi connectivity index (χ0n) is 15.3. The van der Waals surface area contributed by atoms with Crippen molar-refractivity contribution in [2.75, 3.05) is 5.32 Å². The van der Waals surface area contributed by atoms with Crippen LogP contribution in [0.25, 0.3) is 0 Å². The quantitative estimate of drug-likeness (QED) is 0.783. The van der Waals surface area contributed by atoms with Crippen LogP contribution in [0.1, 0.15) is 49.1 Å².